The van der Waals surface area contributed by atoms with Gasteiger partial charge < -0.3 is 5.11 Å². The van der Waals surface area contributed by atoms with Crippen molar-refractivity contribution in [2.45, 2.75) is 37.7 Å². The van der Waals surface area contributed by atoms with E-state index < -0.39 is 5.60 Å². The van der Waals surface area contributed by atoms with E-state index in [0.717, 1.165) is 18.4 Å². The Morgan fingerprint density at radius 1 is 1.24 bits per heavy atom. The summed E-state index contributed by atoms with van der Waals surface area (Å²) in [5.74, 6) is 1.16. The molecule has 0 amide bonds. The van der Waals surface area contributed by atoms with Gasteiger partial charge in [0.25, 0.3) is 0 Å². The van der Waals surface area contributed by atoms with Gasteiger partial charge in [-0.1, -0.05) is 29.3 Å². The van der Waals surface area contributed by atoms with Crippen LogP contribution in [0.25, 0.3) is 0 Å². The fourth-order valence-corrected chi connectivity index (χ4v) is 4.17. The van der Waals surface area contributed by atoms with Crippen LogP contribution in [0, 0.1) is 11.8 Å². The lowest BCUT2D eigenvalue weighted by molar-refractivity contribution is -0.0124. The maximum Gasteiger partial charge on any atom is 0.0719 e. The van der Waals surface area contributed by atoms with Gasteiger partial charge in [-0.15, -0.1) is 0 Å². The molecule has 2 saturated carbocycles. The van der Waals surface area contributed by atoms with E-state index in [2.05, 4.69) is 0 Å². The summed E-state index contributed by atoms with van der Waals surface area (Å²) in [6.45, 7) is 0. The smallest absolute Gasteiger partial charge is 0.0719 e. The van der Waals surface area contributed by atoms with Crippen LogP contribution in [0.1, 0.15) is 31.2 Å². The fourth-order valence-electron chi connectivity index (χ4n) is 3.64. The molecule has 0 heterocycles. The molecule has 17 heavy (non-hydrogen) atoms. The van der Waals surface area contributed by atoms with Crippen molar-refractivity contribution in [2.75, 3.05) is 0 Å². The Morgan fingerprint density at radius 3 is 2.47 bits per heavy atom. The van der Waals surface area contributed by atoms with E-state index in [1.165, 1.54) is 12.8 Å². The Bertz CT molecular complexity index is 426. The van der Waals surface area contributed by atoms with Crippen LogP contribution >= 0.6 is 23.2 Å². The van der Waals surface area contributed by atoms with Crippen molar-refractivity contribution in [2.24, 2.45) is 11.8 Å². The highest BCUT2D eigenvalue weighted by Gasteiger charge is 2.49. The molecule has 3 unspecified atom stereocenters. The van der Waals surface area contributed by atoms with E-state index in [0.29, 0.717) is 28.3 Å². The first-order chi connectivity index (χ1) is 8.08. The molecule has 2 fully saturated rings. The highest BCUT2D eigenvalue weighted by Crippen LogP contribution is 2.52. The first-order valence-electron chi connectivity index (χ1n) is 6.24. The summed E-state index contributed by atoms with van der Waals surface area (Å²) in [5, 5.41) is 12.1. The minimum absolute atomic E-state index is 0.444. The van der Waals surface area contributed by atoms with Crippen molar-refractivity contribution in [1.29, 1.82) is 0 Å². The Hall–Kier alpha value is -0.240. The Labute approximate surface area is 112 Å². The van der Waals surface area contributed by atoms with E-state index >= 15 is 0 Å². The third-order valence-corrected chi connectivity index (χ3v) is 5.20. The van der Waals surface area contributed by atoms with Gasteiger partial charge in [-0.3, -0.25) is 0 Å². The van der Waals surface area contributed by atoms with Crippen molar-refractivity contribution in [3.8, 4) is 0 Å². The number of halogens is 2. The van der Waals surface area contributed by atoms with Crippen molar-refractivity contribution < 1.29 is 5.11 Å². The topological polar surface area (TPSA) is 20.2 Å². The molecular weight excluding hydrogens is 255 g/mol. The summed E-state index contributed by atoms with van der Waals surface area (Å²) < 4.78 is 0. The lowest BCUT2D eigenvalue weighted by Gasteiger charge is -2.33. The molecule has 1 N–H and O–H groups in total. The van der Waals surface area contributed by atoms with Gasteiger partial charge in [0.05, 0.1) is 5.60 Å². The van der Waals surface area contributed by atoms with Gasteiger partial charge in [-0.05, 0) is 55.2 Å². The first-order valence-corrected chi connectivity index (χ1v) is 6.99. The molecule has 1 nitrogen and oxygen atoms in total. The van der Waals surface area contributed by atoms with E-state index in [-0.39, 0.29) is 0 Å². The summed E-state index contributed by atoms with van der Waals surface area (Å²) in [5.41, 5.74) is 0.336. The van der Waals surface area contributed by atoms with Gasteiger partial charge in [-0.2, -0.15) is 0 Å². The maximum absolute atomic E-state index is 10.8. The number of aliphatic hydroxyl groups is 1. The summed E-state index contributed by atoms with van der Waals surface area (Å²) in [6, 6.07) is 5.54. The van der Waals surface area contributed by atoms with Crippen LogP contribution in [0.15, 0.2) is 18.2 Å². The summed E-state index contributed by atoms with van der Waals surface area (Å²) in [6.07, 6.45) is 5.14. The lowest BCUT2D eigenvalue weighted by atomic mass is 9.80. The van der Waals surface area contributed by atoms with Crippen molar-refractivity contribution in [1.82, 2.24) is 0 Å². The molecule has 0 spiro atoms. The van der Waals surface area contributed by atoms with Crippen LogP contribution in [0.4, 0.5) is 0 Å². The average molecular weight is 271 g/mol. The quantitative estimate of drug-likeness (QED) is 0.859. The largest absolute Gasteiger partial charge is 0.389 e. The van der Waals surface area contributed by atoms with Crippen LogP contribution in [0.3, 0.4) is 0 Å². The second kappa shape index (κ2) is 4.15. The molecule has 3 rings (SSSR count). The van der Waals surface area contributed by atoms with Crippen LogP contribution in [-0.2, 0) is 6.42 Å². The standard InChI is InChI=1S/C14H16Cl2O/c15-12-2-1-3-13(16)11(12)8-14(17)7-9-4-5-10(14)6-9/h1-3,9-10,17H,4-8H2. The zero-order chi connectivity index (χ0) is 12.0. The molecule has 2 aliphatic rings. The molecule has 1 aromatic rings. The number of fused-ring (bicyclic) bond motifs is 2. The van der Waals surface area contributed by atoms with Crippen LogP contribution in [0.2, 0.25) is 10.0 Å². The Balaban J connectivity index is 1.88. The molecule has 1 aromatic carbocycles. The molecule has 3 atom stereocenters. The summed E-state index contributed by atoms with van der Waals surface area (Å²) >= 11 is 12.4. The van der Waals surface area contributed by atoms with Crippen molar-refractivity contribution in [3.63, 3.8) is 0 Å². The van der Waals surface area contributed by atoms with Gasteiger partial charge in [0.2, 0.25) is 0 Å². The summed E-state index contributed by atoms with van der Waals surface area (Å²) in [4.78, 5) is 0. The number of rotatable bonds is 2. The van der Waals surface area contributed by atoms with Gasteiger partial charge in [-0.25, -0.2) is 0 Å². The maximum atomic E-state index is 10.8. The molecule has 0 radical (unpaired) electrons. The minimum Gasteiger partial charge on any atom is -0.389 e. The normalized spacial score (nSPS) is 35.5. The SMILES string of the molecule is OC1(Cc2c(Cl)cccc2Cl)CC2CCC1C2. The van der Waals surface area contributed by atoms with Gasteiger partial charge >= 0.3 is 0 Å². The number of hydrogen-bond acceptors (Lipinski definition) is 1. The second-order valence-electron chi connectivity index (χ2n) is 5.56. The predicted octanol–water partition coefficient (Wildman–Crippen LogP) is 4.09. The van der Waals surface area contributed by atoms with E-state index in [1.807, 2.05) is 18.2 Å². The van der Waals surface area contributed by atoms with Crippen molar-refractivity contribution >= 4 is 23.2 Å². The third kappa shape index (κ3) is 1.99. The van der Waals surface area contributed by atoms with Gasteiger partial charge in [0.1, 0.15) is 0 Å². The molecule has 2 aliphatic carbocycles. The van der Waals surface area contributed by atoms with Crippen molar-refractivity contribution in [3.05, 3.63) is 33.8 Å². The van der Waals surface area contributed by atoms with E-state index in [4.69, 9.17) is 23.2 Å². The molecule has 92 valence electrons. The highest BCUT2D eigenvalue weighted by atomic mass is 35.5. The van der Waals surface area contributed by atoms with E-state index in [9.17, 15) is 5.11 Å². The van der Waals surface area contributed by atoms with Crippen LogP contribution in [-0.4, -0.2) is 10.7 Å². The minimum atomic E-state index is -0.572. The monoisotopic (exact) mass is 270 g/mol. The van der Waals surface area contributed by atoms with E-state index in [1.54, 1.807) is 0 Å². The molecule has 0 aliphatic heterocycles. The third-order valence-electron chi connectivity index (χ3n) is 4.49. The fraction of sp³-hybridized carbons (Fsp3) is 0.571. The summed E-state index contributed by atoms with van der Waals surface area (Å²) in [7, 11) is 0. The zero-order valence-corrected chi connectivity index (χ0v) is 11.1. The Morgan fingerprint density at radius 2 is 1.94 bits per heavy atom. The highest BCUT2D eigenvalue weighted by molar-refractivity contribution is 6.36. The zero-order valence-electron chi connectivity index (χ0n) is 9.63. The second-order valence-corrected chi connectivity index (χ2v) is 6.38. The number of hydrogen-bond donors (Lipinski definition) is 1. The molecule has 3 heteroatoms. The molecule has 2 bridgehead atoms. The predicted molar refractivity (Wildman–Crippen MR) is 70.6 cm³/mol. The molecule has 0 aromatic heterocycles. The van der Waals surface area contributed by atoms with Crippen LogP contribution in [0.5, 0.6) is 0 Å². The lowest BCUT2D eigenvalue weighted by Crippen LogP contribution is -2.37. The van der Waals surface area contributed by atoms with Gasteiger partial charge in [0.15, 0.2) is 0 Å². The molecular formula is C14H16Cl2O. The van der Waals surface area contributed by atoms with Crippen LogP contribution < -0.4 is 0 Å². The average Bonchev–Trinajstić information content (AvgIpc) is 2.83. The Kier molecular flexibility index (Phi) is 2.89. The number of benzene rings is 1. The first kappa shape index (κ1) is 11.8. The molecule has 0 saturated heterocycles. The van der Waals surface area contributed by atoms with Gasteiger partial charge in [0, 0.05) is 16.5 Å².